The fourth-order valence-electron chi connectivity index (χ4n) is 6.94. The van der Waals surface area contributed by atoms with Gasteiger partial charge in [0.25, 0.3) is 0 Å². The second-order valence-corrected chi connectivity index (χ2v) is 13.9. The highest BCUT2D eigenvalue weighted by atomic mass is 14.7. The molecule has 6 rings (SSSR count). The van der Waals surface area contributed by atoms with E-state index < -0.39 is 0 Å². The van der Waals surface area contributed by atoms with Gasteiger partial charge in [-0.1, -0.05) is 168 Å². The lowest BCUT2D eigenvalue weighted by atomic mass is 9.95. The van der Waals surface area contributed by atoms with Crippen molar-refractivity contribution in [1.82, 2.24) is 9.97 Å². The average Bonchev–Trinajstić information content (AvgIpc) is 3.17. The van der Waals surface area contributed by atoms with Crippen LogP contribution in [0.1, 0.15) is 87.6 Å². The Morgan fingerprint density at radius 3 is 1.49 bits per heavy atom. The normalized spacial score (nSPS) is 11.6. The Hall–Kier alpha value is -5.08. The number of hydrogen-bond acceptors (Lipinski definition) is 2. The number of pyridine rings is 2. The van der Waals surface area contributed by atoms with Crippen molar-refractivity contribution in [2.75, 3.05) is 0 Å². The molecule has 2 aromatic heterocycles. The summed E-state index contributed by atoms with van der Waals surface area (Å²) in [7, 11) is 0. The van der Waals surface area contributed by atoms with Crippen LogP contribution in [0.2, 0.25) is 0 Å². The van der Waals surface area contributed by atoms with Gasteiger partial charge in [-0.3, -0.25) is 4.98 Å². The molecule has 6 aromatic rings. The maximum Gasteiger partial charge on any atom is 0.0716 e. The molecule has 0 atom stereocenters. The standard InChI is InChI=1S/C49H52N2/c1-5-7-9-13-19-38-25-29-42(30-26-38)48-35-46(41-23-17-12-18-24-41)45(37(4)50-48)34-47-36(3)44(40-21-15-11-16-22-40)33-49(51-47)43-31-27-39(28-32-43)20-14-10-8-6-2/h11-12,15-18,21-35H,3,5-10,13-14,19-20H2,1-2,4H3/b47-34+. The summed E-state index contributed by atoms with van der Waals surface area (Å²) in [6.07, 6.45) is 14.6. The van der Waals surface area contributed by atoms with Crippen molar-refractivity contribution in [2.45, 2.75) is 85.0 Å². The van der Waals surface area contributed by atoms with E-state index >= 15 is 0 Å². The fraction of sp³-hybridized carbons (Fsp3) is 0.265. The van der Waals surface area contributed by atoms with Crippen LogP contribution in [0.4, 0.5) is 0 Å². The van der Waals surface area contributed by atoms with Crippen LogP contribution in [-0.4, -0.2) is 9.97 Å². The second-order valence-electron chi connectivity index (χ2n) is 13.9. The second kappa shape index (κ2) is 17.7. The highest BCUT2D eigenvalue weighted by Gasteiger charge is 2.14. The van der Waals surface area contributed by atoms with Gasteiger partial charge in [0.15, 0.2) is 0 Å². The van der Waals surface area contributed by atoms with Gasteiger partial charge in [-0.2, -0.15) is 0 Å². The molecule has 2 heterocycles. The predicted molar refractivity (Wildman–Crippen MR) is 219 cm³/mol. The van der Waals surface area contributed by atoms with Gasteiger partial charge in [-0.25, -0.2) is 4.98 Å². The minimum atomic E-state index is 0.859. The fourth-order valence-corrected chi connectivity index (χ4v) is 6.94. The van der Waals surface area contributed by atoms with Crippen LogP contribution in [0.3, 0.4) is 0 Å². The van der Waals surface area contributed by atoms with Gasteiger partial charge < -0.3 is 0 Å². The molecular weight excluding hydrogens is 617 g/mol. The first-order valence-corrected chi connectivity index (χ1v) is 19.1. The molecule has 0 radical (unpaired) electrons. The van der Waals surface area contributed by atoms with Crippen LogP contribution in [0.5, 0.6) is 0 Å². The largest absolute Gasteiger partial charge is 0.252 e. The molecule has 0 saturated heterocycles. The van der Waals surface area contributed by atoms with Gasteiger partial charge in [-0.15, -0.1) is 0 Å². The number of unbranched alkanes of at least 4 members (excludes halogenated alkanes) is 6. The van der Waals surface area contributed by atoms with Crippen LogP contribution in [0.15, 0.2) is 121 Å². The highest BCUT2D eigenvalue weighted by Crippen LogP contribution is 2.31. The zero-order chi connectivity index (χ0) is 35.4. The third-order valence-corrected chi connectivity index (χ3v) is 9.99. The molecule has 0 unspecified atom stereocenters. The molecule has 4 aromatic carbocycles. The summed E-state index contributed by atoms with van der Waals surface area (Å²) in [5.41, 5.74) is 13.5. The number of nitrogens with zero attached hydrogens (tertiary/aromatic N) is 2. The molecule has 0 aliphatic rings. The third-order valence-electron chi connectivity index (χ3n) is 9.99. The number of hydrogen-bond donors (Lipinski definition) is 0. The van der Waals surface area contributed by atoms with Crippen molar-refractivity contribution < 1.29 is 0 Å². The summed E-state index contributed by atoms with van der Waals surface area (Å²) in [5, 5.41) is 1.77. The first-order chi connectivity index (χ1) is 25.0. The Balaban J connectivity index is 1.44. The lowest BCUT2D eigenvalue weighted by Gasteiger charge is -2.14. The van der Waals surface area contributed by atoms with E-state index in [1.54, 1.807) is 0 Å². The van der Waals surface area contributed by atoms with E-state index in [1.165, 1.54) is 62.5 Å². The van der Waals surface area contributed by atoms with Crippen LogP contribution >= 0.6 is 0 Å². The van der Waals surface area contributed by atoms with E-state index in [2.05, 4.69) is 155 Å². The minimum Gasteiger partial charge on any atom is -0.252 e. The average molecular weight is 669 g/mol. The lowest BCUT2D eigenvalue weighted by Crippen LogP contribution is -2.30. The van der Waals surface area contributed by atoms with E-state index in [-0.39, 0.29) is 0 Å². The molecule has 2 nitrogen and oxygen atoms in total. The number of aromatic nitrogens is 2. The minimum absolute atomic E-state index is 0.859. The molecule has 0 spiro atoms. The van der Waals surface area contributed by atoms with Gasteiger partial charge >= 0.3 is 0 Å². The van der Waals surface area contributed by atoms with Crippen LogP contribution in [0.25, 0.3) is 57.4 Å². The van der Waals surface area contributed by atoms with Gasteiger partial charge in [-0.05, 0) is 84.2 Å². The summed E-state index contributed by atoms with van der Waals surface area (Å²) < 4.78 is 0. The Bertz CT molecular complexity index is 2110. The summed E-state index contributed by atoms with van der Waals surface area (Å²) in [4.78, 5) is 10.5. The molecule has 0 aliphatic heterocycles. The van der Waals surface area contributed by atoms with Crippen LogP contribution in [0, 0.1) is 6.92 Å². The zero-order valence-electron chi connectivity index (χ0n) is 30.8. The van der Waals surface area contributed by atoms with E-state index in [0.717, 1.165) is 79.4 Å². The van der Waals surface area contributed by atoms with E-state index in [0.29, 0.717) is 0 Å². The summed E-state index contributed by atoms with van der Waals surface area (Å²) in [5.74, 6) is 0. The third kappa shape index (κ3) is 9.18. The van der Waals surface area contributed by atoms with Crippen molar-refractivity contribution in [1.29, 1.82) is 0 Å². The topological polar surface area (TPSA) is 25.8 Å². The van der Waals surface area contributed by atoms with Crippen molar-refractivity contribution in [2.24, 2.45) is 0 Å². The van der Waals surface area contributed by atoms with Crippen molar-refractivity contribution in [3.8, 4) is 44.8 Å². The summed E-state index contributed by atoms with van der Waals surface area (Å²) in [6.45, 7) is 11.3. The molecule has 0 N–H and O–H groups in total. The number of benzene rings is 4. The van der Waals surface area contributed by atoms with Crippen molar-refractivity contribution in [3.05, 3.63) is 154 Å². The summed E-state index contributed by atoms with van der Waals surface area (Å²) in [6, 6.07) is 43.7. The monoisotopic (exact) mass is 668 g/mol. The Labute approximate surface area is 305 Å². The Morgan fingerprint density at radius 2 is 0.980 bits per heavy atom. The van der Waals surface area contributed by atoms with Gasteiger partial charge in [0.1, 0.15) is 0 Å². The first kappa shape index (κ1) is 35.7. The van der Waals surface area contributed by atoms with Gasteiger partial charge in [0, 0.05) is 27.6 Å². The molecular formula is C49H52N2. The first-order valence-electron chi connectivity index (χ1n) is 19.1. The molecule has 0 bridgehead atoms. The molecule has 51 heavy (non-hydrogen) atoms. The quantitative estimate of drug-likeness (QED) is 0.102. The van der Waals surface area contributed by atoms with Crippen molar-refractivity contribution in [3.63, 3.8) is 0 Å². The molecule has 0 saturated carbocycles. The Morgan fingerprint density at radius 1 is 0.510 bits per heavy atom. The molecule has 0 fully saturated rings. The van der Waals surface area contributed by atoms with E-state index in [9.17, 15) is 0 Å². The maximum absolute atomic E-state index is 5.30. The number of aryl methyl sites for hydroxylation is 3. The highest BCUT2D eigenvalue weighted by molar-refractivity contribution is 5.81. The van der Waals surface area contributed by atoms with Crippen LogP contribution < -0.4 is 10.6 Å². The zero-order valence-corrected chi connectivity index (χ0v) is 30.8. The number of rotatable bonds is 15. The lowest BCUT2D eigenvalue weighted by molar-refractivity contribution is 0.667. The predicted octanol–water partition coefficient (Wildman–Crippen LogP) is 11.9. The SMILES string of the molecule is C=c1c(-c2ccccc2)cc(-c2ccc(CCCCCC)cc2)n/c1=C/c1c(-c2ccccc2)cc(-c2ccc(CCCCCC)cc2)nc1C. The van der Waals surface area contributed by atoms with Gasteiger partial charge in [0.05, 0.1) is 16.7 Å². The van der Waals surface area contributed by atoms with E-state index in [4.69, 9.17) is 9.97 Å². The molecule has 258 valence electrons. The van der Waals surface area contributed by atoms with E-state index in [1.807, 2.05) is 0 Å². The molecule has 2 heteroatoms. The molecule has 0 aliphatic carbocycles. The molecule has 0 amide bonds. The maximum atomic E-state index is 5.30. The van der Waals surface area contributed by atoms with Crippen molar-refractivity contribution >= 4 is 12.7 Å². The van der Waals surface area contributed by atoms with Crippen LogP contribution in [-0.2, 0) is 12.8 Å². The van der Waals surface area contributed by atoms with Gasteiger partial charge in [0.2, 0.25) is 0 Å². The summed E-state index contributed by atoms with van der Waals surface area (Å²) >= 11 is 0. The smallest absolute Gasteiger partial charge is 0.0716 e. The Kier molecular flexibility index (Phi) is 12.4.